The second-order valence-corrected chi connectivity index (χ2v) is 13.2. The first-order valence-corrected chi connectivity index (χ1v) is 16.6. The summed E-state index contributed by atoms with van der Waals surface area (Å²) >= 11 is 0. The molecule has 1 unspecified atom stereocenters. The summed E-state index contributed by atoms with van der Waals surface area (Å²) in [5.41, 5.74) is 0.330. The Kier molecular flexibility index (Phi) is 14.4. The summed E-state index contributed by atoms with van der Waals surface area (Å²) in [4.78, 5) is 45.6. The van der Waals surface area contributed by atoms with Crippen LogP contribution in [0.2, 0.25) is 0 Å². The van der Waals surface area contributed by atoms with Crippen molar-refractivity contribution >= 4 is 23.7 Å². The Morgan fingerprint density at radius 2 is 1.76 bits per heavy atom. The number of ether oxygens (including phenoxy) is 1. The third-order valence-corrected chi connectivity index (χ3v) is 8.89. The molecule has 15 heteroatoms. The largest absolute Gasteiger partial charge is 0.478 e. The Morgan fingerprint density at radius 1 is 1.08 bits per heavy atom. The third-order valence-electron chi connectivity index (χ3n) is 8.89. The van der Waals surface area contributed by atoms with E-state index < -0.39 is 17.8 Å². The number of aliphatic hydroxyl groups excluding tert-OH is 1. The summed E-state index contributed by atoms with van der Waals surface area (Å²) in [6.45, 7) is 16.4. The van der Waals surface area contributed by atoms with Gasteiger partial charge < -0.3 is 34.8 Å². The number of anilines is 1. The topological polar surface area (TPSA) is 173 Å². The zero-order chi connectivity index (χ0) is 36.3. The molecule has 2 aliphatic heterocycles. The van der Waals surface area contributed by atoms with Crippen molar-refractivity contribution in [2.24, 2.45) is 11.3 Å². The zero-order valence-corrected chi connectivity index (χ0v) is 29.3. The van der Waals surface area contributed by atoms with Crippen LogP contribution in [0.3, 0.4) is 0 Å². The molecular weight excluding hydrogens is 637 g/mol. The van der Waals surface area contributed by atoms with E-state index >= 15 is 0 Å². The number of rotatable bonds is 15. The molecule has 0 aliphatic carbocycles. The minimum atomic E-state index is -1.26. The Morgan fingerprint density at radius 3 is 2.33 bits per heavy atom. The van der Waals surface area contributed by atoms with Gasteiger partial charge in [0.2, 0.25) is 0 Å². The smallest absolute Gasteiger partial charge is 0.328 e. The summed E-state index contributed by atoms with van der Waals surface area (Å²) in [6, 6.07) is 4.42. The van der Waals surface area contributed by atoms with Gasteiger partial charge in [0.05, 0.1) is 12.2 Å². The van der Waals surface area contributed by atoms with E-state index in [-0.39, 0.29) is 41.2 Å². The molecule has 1 atom stereocenters. The van der Waals surface area contributed by atoms with E-state index in [1.807, 2.05) is 20.8 Å². The predicted molar refractivity (Wildman–Crippen MR) is 181 cm³/mol. The van der Waals surface area contributed by atoms with Crippen molar-refractivity contribution in [3.63, 3.8) is 0 Å². The molecule has 0 bridgehead atoms. The summed E-state index contributed by atoms with van der Waals surface area (Å²) in [5, 5.41) is 33.0. The fourth-order valence-corrected chi connectivity index (χ4v) is 6.44. The highest BCUT2D eigenvalue weighted by atomic mass is 19.1. The third kappa shape index (κ3) is 10.9. The average molecular weight is 688 g/mol. The van der Waals surface area contributed by atoms with Crippen LogP contribution in [0, 0.1) is 17.2 Å². The zero-order valence-electron chi connectivity index (χ0n) is 29.3. The number of hydrogen-bond acceptors (Lipinski definition) is 11. The first-order chi connectivity index (χ1) is 23.2. The normalized spacial score (nSPS) is 16.2. The van der Waals surface area contributed by atoms with E-state index in [0.29, 0.717) is 43.0 Å². The molecule has 0 saturated carbocycles. The number of carbonyl (C=O) groups excluding carboxylic acids is 1. The van der Waals surface area contributed by atoms with Crippen molar-refractivity contribution in [1.82, 2.24) is 29.9 Å². The van der Waals surface area contributed by atoms with Crippen LogP contribution in [0.5, 0.6) is 11.6 Å². The number of hydrogen-bond donors (Lipinski definition) is 3. The number of aliphatic hydroxyl groups is 1. The van der Waals surface area contributed by atoms with Gasteiger partial charge in [0.1, 0.15) is 17.9 Å². The van der Waals surface area contributed by atoms with Gasteiger partial charge in [0.25, 0.3) is 11.8 Å². The number of aromatic nitrogens is 3. The monoisotopic (exact) mass is 687 g/mol. The first-order valence-electron chi connectivity index (χ1n) is 16.6. The van der Waals surface area contributed by atoms with Crippen LogP contribution >= 0.6 is 0 Å². The number of likely N-dealkylation sites (N-methyl/N-ethyl adjacent to an activating group) is 1. The lowest BCUT2D eigenvalue weighted by Crippen LogP contribution is -2.62. The minimum absolute atomic E-state index is 0.0445. The highest BCUT2D eigenvalue weighted by Crippen LogP contribution is 2.44. The van der Waals surface area contributed by atoms with Crippen molar-refractivity contribution in [2.75, 3.05) is 64.4 Å². The Labute approximate surface area is 287 Å². The molecule has 270 valence electrons. The van der Waals surface area contributed by atoms with E-state index in [0.717, 1.165) is 45.6 Å². The van der Waals surface area contributed by atoms with Crippen LogP contribution in [0.4, 0.5) is 10.2 Å². The molecule has 1 spiro atoms. The Balaban J connectivity index is 0.000000723. The quantitative estimate of drug-likeness (QED) is 0.233. The van der Waals surface area contributed by atoms with Gasteiger partial charge in [0.15, 0.2) is 5.82 Å². The van der Waals surface area contributed by atoms with Crippen molar-refractivity contribution in [2.45, 2.75) is 59.5 Å². The average Bonchev–Trinajstić information content (AvgIpc) is 3.47. The minimum Gasteiger partial charge on any atom is -0.478 e. The van der Waals surface area contributed by atoms with Crippen LogP contribution in [0.25, 0.3) is 0 Å². The van der Waals surface area contributed by atoms with Gasteiger partial charge in [-0.2, -0.15) is 0 Å². The molecule has 0 radical (unpaired) electrons. The van der Waals surface area contributed by atoms with E-state index in [1.54, 1.807) is 4.90 Å². The van der Waals surface area contributed by atoms with Gasteiger partial charge in [-0.05, 0) is 71.3 Å². The van der Waals surface area contributed by atoms with Gasteiger partial charge in [0, 0.05) is 68.9 Å². The number of likely N-dealkylation sites (tertiary alicyclic amines) is 1. The number of halogens is 1. The summed E-state index contributed by atoms with van der Waals surface area (Å²) < 4.78 is 20.4. The number of nitrogens with zero attached hydrogens (tertiary/aromatic N) is 7. The molecule has 1 amide bonds. The highest BCUT2D eigenvalue weighted by Gasteiger charge is 2.50. The van der Waals surface area contributed by atoms with E-state index in [1.165, 1.54) is 24.5 Å². The van der Waals surface area contributed by atoms with Gasteiger partial charge >= 0.3 is 11.9 Å². The maximum absolute atomic E-state index is 14.2. The van der Waals surface area contributed by atoms with Gasteiger partial charge in [-0.15, -0.1) is 10.2 Å². The second-order valence-electron chi connectivity index (χ2n) is 13.2. The Hall–Kier alpha value is -4.21. The lowest BCUT2D eigenvalue weighted by atomic mass is 9.76. The molecular formula is C34H50FN7O7. The molecule has 2 aromatic rings. The van der Waals surface area contributed by atoms with Crippen LogP contribution in [0.1, 0.15) is 57.8 Å². The standard InChI is InChI=1S/C30H46FN7O3.C4H4O4/c1-7-38(22(4)5)29(40)24-16-23(31)8-9-26(24)41-28-27(32-20-33-34-28)36-13-11-30(17-36)18-37(19-30)25(21(2)3)10-12-35(6)14-15-39;5-3(6)1-2-4(7)8/h8-9,16,20-22,25,39H,7,10-15,17-19H2,1-6H3;1-2H,(H,5,6)(H,7,8)/b;2-1+. The molecule has 1 aromatic heterocycles. The van der Waals surface area contributed by atoms with Gasteiger partial charge in [-0.3, -0.25) is 9.69 Å². The molecule has 49 heavy (non-hydrogen) atoms. The van der Waals surface area contributed by atoms with Crippen LogP contribution in [-0.2, 0) is 9.59 Å². The summed E-state index contributed by atoms with van der Waals surface area (Å²) in [5.74, 6) is -1.75. The molecule has 14 nitrogen and oxygen atoms in total. The van der Waals surface area contributed by atoms with Crippen LogP contribution < -0.4 is 9.64 Å². The van der Waals surface area contributed by atoms with Crippen molar-refractivity contribution in [3.05, 3.63) is 48.1 Å². The van der Waals surface area contributed by atoms with E-state index in [9.17, 15) is 23.9 Å². The second kappa shape index (κ2) is 18.0. The number of aliphatic carboxylic acids is 2. The fraction of sp³-hybridized carbons (Fsp3) is 0.588. The number of carboxylic acids is 2. The van der Waals surface area contributed by atoms with Gasteiger partial charge in [-0.25, -0.2) is 19.0 Å². The van der Waals surface area contributed by atoms with E-state index in [4.69, 9.17) is 14.9 Å². The van der Waals surface area contributed by atoms with Crippen LogP contribution in [-0.4, -0.2) is 135 Å². The number of amides is 1. The molecule has 4 rings (SSSR count). The number of carbonyl (C=O) groups is 3. The molecule has 3 heterocycles. The van der Waals surface area contributed by atoms with Crippen LogP contribution in [0.15, 0.2) is 36.7 Å². The lowest BCUT2D eigenvalue weighted by Gasteiger charge is -2.53. The molecule has 3 N–H and O–H groups in total. The highest BCUT2D eigenvalue weighted by molar-refractivity contribution is 5.97. The fourth-order valence-electron chi connectivity index (χ4n) is 6.44. The first kappa shape index (κ1) is 39.2. The van der Waals surface area contributed by atoms with Crippen molar-refractivity contribution in [3.8, 4) is 11.6 Å². The number of benzene rings is 1. The maximum atomic E-state index is 14.2. The summed E-state index contributed by atoms with van der Waals surface area (Å²) in [7, 11) is 2.06. The Bertz CT molecular complexity index is 1440. The van der Waals surface area contributed by atoms with Crippen molar-refractivity contribution in [1.29, 1.82) is 0 Å². The predicted octanol–water partition coefficient (Wildman–Crippen LogP) is 3.24. The molecule has 2 aliphatic rings. The lowest BCUT2D eigenvalue weighted by molar-refractivity contribution is -0.134. The van der Waals surface area contributed by atoms with Gasteiger partial charge in [-0.1, -0.05) is 13.8 Å². The van der Waals surface area contributed by atoms with E-state index in [2.05, 4.69) is 50.8 Å². The summed E-state index contributed by atoms with van der Waals surface area (Å²) in [6.07, 6.45) is 4.64. The SMILES string of the molecule is CCN(C(=O)c1cc(F)ccc1Oc1nncnc1N1CCC2(C1)CN(C(CCN(C)CCO)C(C)C)C2)C(C)C.O=C(O)/C=C/C(=O)O. The molecule has 2 fully saturated rings. The van der Waals surface area contributed by atoms with Crippen molar-refractivity contribution < 1.29 is 38.8 Å². The molecule has 1 aromatic carbocycles. The number of carboxylic acid groups (broad SMARTS) is 2. The molecule has 2 saturated heterocycles. The maximum Gasteiger partial charge on any atom is 0.328 e.